The Bertz CT molecular complexity index is 1910. The average molecular weight is 968 g/mol. The fourth-order valence-electron chi connectivity index (χ4n) is 11.2. The Morgan fingerprint density at radius 2 is 1.51 bits per heavy atom. The van der Waals surface area contributed by atoms with Crippen molar-refractivity contribution in [3.63, 3.8) is 0 Å². The van der Waals surface area contributed by atoms with E-state index < -0.39 is 65.9 Å². The summed E-state index contributed by atoms with van der Waals surface area (Å²) in [7, 11) is 4.75. The number of carbonyl (C=O) groups excluding carboxylic acids is 6. The van der Waals surface area contributed by atoms with Crippen molar-refractivity contribution in [3.8, 4) is 0 Å². The number of ether oxygens (including phenoxy) is 3. The zero-order valence-electron chi connectivity index (χ0n) is 42.6. The molecule has 3 amide bonds. The molecule has 0 spiro atoms. The molecule has 4 rings (SSSR count). The van der Waals surface area contributed by atoms with E-state index in [9.17, 15) is 43.5 Å². The van der Waals surface area contributed by atoms with Gasteiger partial charge in [0.2, 0.25) is 17.7 Å². The Morgan fingerprint density at radius 3 is 2.12 bits per heavy atom. The van der Waals surface area contributed by atoms with Gasteiger partial charge in [0.1, 0.15) is 11.6 Å². The average Bonchev–Trinajstić information content (AvgIpc) is 4.09. The number of fused-ring (bicyclic) bond motifs is 2. The van der Waals surface area contributed by atoms with Gasteiger partial charge in [-0.05, 0) is 68.3 Å². The fourth-order valence-corrected chi connectivity index (χ4v) is 11.2. The lowest BCUT2D eigenvalue weighted by atomic mass is 9.83. The van der Waals surface area contributed by atoms with E-state index in [1.54, 1.807) is 35.6 Å². The Morgan fingerprint density at radius 1 is 0.812 bits per heavy atom. The number of rotatable bonds is 31. The van der Waals surface area contributed by atoms with Crippen LogP contribution in [-0.4, -0.2) is 149 Å². The Hall–Kier alpha value is -4.54. The number of piperidine rings is 1. The molecule has 69 heavy (non-hydrogen) atoms. The van der Waals surface area contributed by atoms with Crippen LogP contribution in [0.15, 0.2) is 30.3 Å². The van der Waals surface area contributed by atoms with Crippen molar-refractivity contribution in [1.29, 1.82) is 0 Å². The summed E-state index contributed by atoms with van der Waals surface area (Å²) in [5, 5.41) is 19.0. The highest BCUT2D eigenvalue weighted by atomic mass is 16.5. The van der Waals surface area contributed by atoms with Gasteiger partial charge in [-0.15, -0.1) is 0 Å². The Labute approximate surface area is 409 Å². The molecular formula is C53H81N3O13. The highest BCUT2D eigenvalue weighted by Gasteiger charge is 2.52. The van der Waals surface area contributed by atoms with Gasteiger partial charge in [-0.1, -0.05) is 78.3 Å². The third kappa shape index (κ3) is 15.2. The quantitative estimate of drug-likeness (QED) is 0.0785. The van der Waals surface area contributed by atoms with Crippen LogP contribution < -0.4 is 0 Å². The van der Waals surface area contributed by atoms with Gasteiger partial charge in [-0.25, -0.2) is 0 Å². The molecule has 2 aliphatic heterocycles. The SMILES string of the molecule is CC[C@H](C)[C@@H]([C@@H](CC(=O)N1CCC[C@H]1[C@H](OC)[C@@H](C)C(=O)C[C@@H](Cc1ccccc1)C(=O)O)OC)N(C)C(=O)[C@@H](CC(=O)[C@@H]1[C@H]2CC[C@H](C2)N1C(=O)CCOCCCC(=O)C(C)CC(=O)O)C(C)C. The highest BCUT2D eigenvalue weighted by molar-refractivity contribution is 5.94. The molecule has 3 aliphatic rings. The molecular weight excluding hydrogens is 887 g/mol. The molecule has 12 atom stereocenters. The number of likely N-dealkylation sites (N-methyl/N-ethyl adjacent to an activating group) is 1. The van der Waals surface area contributed by atoms with Crippen LogP contribution in [0, 0.1) is 41.4 Å². The summed E-state index contributed by atoms with van der Waals surface area (Å²) >= 11 is 0. The monoisotopic (exact) mass is 968 g/mol. The van der Waals surface area contributed by atoms with E-state index >= 15 is 0 Å². The third-order valence-electron chi connectivity index (χ3n) is 15.4. The van der Waals surface area contributed by atoms with E-state index in [2.05, 4.69) is 0 Å². The first-order valence-corrected chi connectivity index (χ1v) is 25.3. The summed E-state index contributed by atoms with van der Waals surface area (Å²) in [6.45, 7) is 12.0. The summed E-state index contributed by atoms with van der Waals surface area (Å²) in [5.41, 5.74) is 0.828. The van der Waals surface area contributed by atoms with E-state index in [0.717, 1.165) is 24.8 Å². The van der Waals surface area contributed by atoms with Crippen LogP contribution in [0.5, 0.6) is 0 Å². The first-order chi connectivity index (χ1) is 32.7. The maximum absolute atomic E-state index is 14.7. The molecule has 1 saturated carbocycles. The molecule has 1 aliphatic carbocycles. The van der Waals surface area contributed by atoms with Gasteiger partial charge in [0.15, 0.2) is 5.78 Å². The predicted molar refractivity (Wildman–Crippen MR) is 258 cm³/mol. The summed E-state index contributed by atoms with van der Waals surface area (Å²) in [6.07, 6.45) is 3.39. The van der Waals surface area contributed by atoms with Gasteiger partial charge in [0.05, 0.1) is 62.1 Å². The van der Waals surface area contributed by atoms with Crippen LogP contribution in [0.25, 0.3) is 0 Å². The second kappa shape index (κ2) is 27.2. The van der Waals surface area contributed by atoms with Crippen LogP contribution in [-0.2, 0) is 59.0 Å². The van der Waals surface area contributed by atoms with E-state index in [1.807, 2.05) is 58.0 Å². The zero-order valence-corrected chi connectivity index (χ0v) is 42.6. The maximum Gasteiger partial charge on any atom is 0.307 e. The topological polar surface area (TPSA) is 214 Å². The molecule has 2 heterocycles. The summed E-state index contributed by atoms with van der Waals surface area (Å²) in [5.74, 6) is -6.37. The normalized spacial score (nSPS) is 22.3. The van der Waals surface area contributed by atoms with Crippen molar-refractivity contribution in [1.82, 2.24) is 14.7 Å². The summed E-state index contributed by atoms with van der Waals surface area (Å²) in [6, 6.07) is 7.56. The second-order valence-corrected chi connectivity index (χ2v) is 20.4. The number of hydrogen-bond donors (Lipinski definition) is 2. The van der Waals surface area contributed by atoms with Gasteiger partial charge in [0, 0.05) is 77.5 Å². The van der Waals surface area contributed by atoms with Crippen molar-refractivity contribution >= 4 is 47.0 Å². The summed E-state index contributed by atoms with van der Waals surface area (Å²) < 4.78 is 17.7. The highest BCUT2D eigenvalue weighted by Crippen LogP contribution is 2.44. The molecule has 386 valence electrons. The smallest absolute Gasteiger partial charge is 0.307 e. The molecule has 3 fully saturated rings. The molecule has 2 saturated heterocycles. The van der Waals surface area contributed by atoms with Gasteiger partial charge < -0.3 is 39.1 Å². The van der Waals surface area contributed by atoms with Crippen molar-refractivity contribution < 1.29 is 62.8 Å². The number of carboxylic acids is 2. The number of hydrogen-bond acceptors (Lipinski definition) is 11. The molecule has 1 aromatic carbocycles. The molecule has 1 aromatic rings. The first-order valence-electron chi connectivity index (χ1n) is 25.3. The fraction of sp³-hybridized carbons (Fsp3) is 0.736. The minimum Gasteiger partial charge on any atom is -0.481 e. The zero-order chi connectivity index (χ0) is 51.1. The van der Waals surface area contributed by atoms with Crippen LogP contribution in [0.2, 0.25) is 0 Å². The maximum atomic E-state index is 14.7. The largest absolute Gasteiger partial charge is 0.481 e. The molecule has 16 heteroatoms. The van der Waals surface area contributed by atoms with Gasteiger partial charge in [-0.3, -0.25) is 38.4 Å². The second-order valence-electron chi connectivity index (χ2n) is 20.4. The van der Waals surface area contributed by atoms with Crippen LogP contribution in [0.4, 0.5) is 0 Å². The first kappa shape index (κ1) is 57.0. The van der Waals surface area contributed by atoms with E-state index in [4.69, 9.17) is 19.3 Å². The Kier molecular flexibility index (Phi) is 22.5. The van der Waals surface area contributed by atoms with Crippen molar-refractivity contribution in [2.24, 2.45) is 41.4 Å². The number of benzene rings is 1. The van der Waals surface area contributed by atoms with Gasteiger partial charge in [0.25, 0.3) is 0 Å². The van der Waals surface area contributed by atoms with Crippen molar-refractivity contribution in [2.45, 2.75) is 168 Å². The van der Waals surface area contributed by atoms with Crippen molar-refractivity contribution in [3.05, 3.63) is 35.9 Å². The molecule has 0 radical (unpaired) electrons. The number of amides is 3. The van der Waals surface area contributed by atoms with E-state index in [1.165, 1.54) is 14.2 Å². The lowest BCUT2D eigenvalue weighted by Gasteiger charge is -2.41. The number of aliphatic carboxylic acids is 2. The van der Waals surface area contributed by atoms with E-state index in [0.29, 0.717) is 32.2 Å². The van der Waals surface area contributed by atoms with Crippen LogP contribution in [0.3, 0.4) is 0 Å². The Balaban J connectivity index is 1.40. The molecule has 2 bridgehead atoms. The number of likely N-dealkylation sites (tertiary alicyclic amines) is 2. The standard InChI is InChI=1S/C53H81N3O13/c1-10-33(4)49(45(67-8)31-47(61)55-23-14-18-41(55)51(68-9)35(6)43(58)29-38(53(65)66)27-36-16-12-11-13-17-36)54(7)52(64)40(32(2)3)30-44(59)50-37-20-21-39(28-37)56(50)46(60)22-25-69-24-15-19-42(57)34(5)26-48(62)63/h11-13,16-17,32-35,37-41,45,49-51H,10,14-15,18-31H2,1-9H3,(H,62,63)(H,65,66)/t33-,34?,35-,37-,38+,39+,40-,41-,45+,49-,50-,51+/m0/s1. The lowest BCUT2D eigenvalue weighted by Crippen LogP contribution is -2.54. The number of carboxylic acid groups (broad SMARTS) is 2. The van der Waals surface area contributed by atoms with Crippen LogP contribution in [0.1, 0.15) is 131 Å². The summed E-state index contributed by atoms with van der Waals surface area (Å²) in [4.78, 5) is 111. The third-order valence-corrected chi connectivity index (χ3v) is 15.4. The molecule has 16 nitrogen and oxygen atoms in total. The molecule has 0 aromatic heterocycles. The number of ketones is 3. The minimum atomic E-state index is -1.05. The molecule has 1 unspecified atom stereocenters. The number of carbonyl (C=O) groups is 8. The van der Waals surface area contributed by atoms with Crippen molar-refractivity contribution in [2.75, 3.05) is 41.0 Å². The predicted octanol–water partition coefficient (Wildman–Crippen LogP) is 6.29. The number of nitrogens with zero attached hydrogens (tertiary/aromatic N) is 3. The lowest BCUT2D eigenvalue weighted by molar-refractivity contribution is -0.150. The van der Waals surface area contributed by atoms with Gasteiger partial charge in [-0.2, -0.15) is 0 Å². The minimum absolute atomic E-state index is 0.0121. The van der Waals surface area contributed by atoms with E-state index in [-0.39, 0.29) is 117 Å². The van der Waals surface area contributed by atoms with Crippen LogP contribution >= 0.6 is 0 Å². The van der Waals surface area contributed by atoms with Gasteiger partial charge >= 0.3 is 11.9 Å². The number of Topliss-reactive ketones (excluding diaryl/α,β-unsaturated/α-hetero) is 3. The number of methoxy groups -OCH3 is 2. The molecule has 2 N–H and O–H groups in total.